The van der Waals surface area contributed by atoms with Gasteiger partial charge in [-0.1, -0.05) is 19.1 Å². The number of aromatic nitrogens is 2. The molecule has 7 nitrogen and oxygen atoms in total. The Kier molecular flexibility index (Phi) is 6.60. The van der Waals surface area contributed by atoms with E-state index in [-0.39, 0.29) is 18.0 Å². The summed E-state index contributed by atoms with van der Waals surface area (Å²) in [6.07, 6.45) is 4.43. The number of benzene rings is 1. The van der Waals surface area contributed by atoms with Gasteiger partial charge in [0.2, 0.25) is 0 Å². The van der Waals surface area contributed by atoms with Crippen LogP contribution in [0.15, 0.2) is 30.3 Å². The van der Waals surface area contributed by atoms with E-state index in [4.69, 9.17) is 9.47 Å². The van der Waals surface area contributed by atoms with Crippen molar-refractivity contribution in [1.29, 1.82) is 0 Å². The summed E-state index contributed by atoms with van der Waals surface area (Å²) in [5.74, 6) is 0.00342. The minimum atomic E-state index is -0.365. The zero-order chi connectivity index (χ0) is 22.7. The summed E-state index contributed by atoms with van der Waals surface area (Å²) in [5, 5.41) is 10.5. The van der Waals surface area contributed by atoms with Crippen molar-refractivity contribution in [3.8, 4) is 17.0 Å². The van der Waals surface area contributed by atoms with Gasteiger partial charge in [0.05, 0.1) is 24.5 Å². The number of carbonyl (C=O) groups is 2. The smallest absolute Gasteiger partial charge is 0.341 e. The zero-order valence-corrected chi connectivity index (χ0v) is 19.3. The highest BCUT2D eigenvalue weighted by Crippen LogP contribution is 2.39. The van der Waals surface area contributed by atoms with E-state index >= 15 is 0 Å². The molecule has 1 aliphatic rings. The van der Waals surface area contributed by atoms with Gasteiger partial charge in [-0.05, 0) is 62.8 Å². The maximum Gasteiger partial charge on any atom is 0.341 e. The summed E-state index contributed by atoms with van der Waals surface area (Å²) in [7, 11) is 1.60. The molecule has 0 aliphatic heterocycles. The number of amides is 1. The molecule has 2 N–H and O–H groups in total. The van der Waals surface area contributed by atoms with E-state index in [1.54, 1.807) is 13.2 Å². The fraction of sp³-hybridized carbons (Fsp3) is 0.375. The van der Waals surface area contributed by atoms with Crippen molar-refractivity contribution in [1.82, 2.24) is 10.2 Å². The monoisotopic (exact) mass is 453 g/mol. The summed E-state index contributed by atoms with van der Waals surface area (Å²) >= 11 is 1.47. The fourth-order valence-corrected chi connectivity index (χ4v) is 5.01. The number of H-pyrrole nitrogens is 1. The lowest BCUT2D eigenvalue weighted by atomic mass is 9.95. The van der Waals surface area contributed by atoms with E-state index in [2.05, 4.69) is 15.5 Å². The summed E-state index contributed by atoms with van der Waals surface area (Å²) in [5.41, 5.74) is 3.31. The molecule has 3 aromatic rings. The van der Waals surface area contributed by atoms with Crippen LogP contribution >= 0.6 is 11.3 Å². The number of aryl methyl sites for hydroxylation is 1. The molecule has 0 bridgehead atoms. The molecule has 0 spiro atoms. The van der Waals surface area contributed by atoms with Crippen molar-refractivity contribution in [2.45, 2.75) is 52.1 Å². The van der Waals surface area contributed by atoms with Gasteiger partial charge >= 0.3 is 5.97 Å². The second kappa shape index (κ2) is 9.56. The van der Waals surface area contributed by atoms with Crippen LogP contribution in [0, 0.1) is 0 Å². The third-order valence-electron chi connectivity index (χ3n) is 5.67. The number of hydrogen-bond donors (Lipinski definition) is 2. The van der Waals surface area contributed by atoms with Crippen LogP contribution in [0.5, 0.6) is 5.75 Å². The zero-order valence-electron chi connectivity index (χ0n) is 18.5. The van der Waals surface area contributed by atoms with E-state index < -0.39 is 0 Å². The molecule has 0 fully saturated rings. The highest BCUT2D eigenvalue weighted by Gasteiger charge is 2.28. The molecule has 1 atom stereocenters. The average Bonchev–Trinajstić information content (AvgIpc) is 3.44. The second-order valence-electron chi connectivity index (χ2n) is 7.89. The van der Waals surface area contributed by atoms with Crippen molar-refractivity contribution in [3.63, 3.8) is 0 Å². The highest BCUT2D eigenvalue weighted by molar-refractivity contribution is 7.17. The van der Waals surface area contributed by atoms with Gasteiger partial charge in [-0.3, -0.25) is 9.89 Å². The lowest BCUT2D eigenvalue weighted by Gasteiger charge is -2.15. The van der Waals surface area contributed by atoms with Crippen LogP contribution in [0.4, 0.5) is 5.00 Å². The number of fused-ring (bicyclic) bond motifs is 1. The molecule has 1 aromatic carbocycles. The summed E-state index contributed by atoms with van der Waals surface area (Å²) in [6.45, 7) is 3.85. The highest BCUT2D eigenvalue weighted by atomic mass is 32.1. The van der Waals surface area contributed by atoms with Crippen LogP contribution in [0.2, 0.25) is 0 Å². The quantitative estimate of drug-likeness (QED) is 0.478. The van der Waals surface area contributed by atoms with Gasteiger partial charge in [0, 0.05) is 10.4 Å². The predicted octanol–water partition coefficient (Wildman–Crippen LogP) is 5.23. The van der Waals surface area contributed by atoms with Crippen molar-refractivity contribution >= 4 is 28.2 Å². The van der Waals surface area contributed by atoms with E-state index in [1.807, 2.05) is 38.1 Å². The normalized spacial score (nSPS) is 13.8. The standard InChI is InChI=1S/C24H27N3O4S/c1-4-14(2)31-24(29)21-17-10-5-6-11-20(17)32-23(21)25-22(28)19-13-18(26-27-19)15-8-7-9-16(12-15)30-3/h7-9,12-14H,4-6,10-11H2,1-3H3,(H,25,28)(H,26,27). The number of nitrogens with zero attached hydrogens (tertiary/aromatic N) is 1. The van der Waals surface area contributed by atoms with E-state index in [0.717, 1.165) is 48.1 Å². The third kappa shape index (κ3) is 4.55. The van der Waals surface area contributed by atoms with Crippen LogP contribution in [0.1, 0.15) is 64.4 Å². The largest absolute Gasteiger partial charge is 0.497 e. The number of carbonyl (C=O) groups excluding carboxylic acids is 2. The summed E-state index contributed by atoms with van der Waals surface area (Å²) in [6, 6.07) is 9.16. The molecule has 2 heterocycles. The van der Waals surface area contributed by atoms with Crippen molar-refractivity contribution in [3.05, 3.63) is 52.0 Å². The Morgan fingerprint density at radius 1 is 1.25 bits per heavy atom. The SMILES string of the molecule is CCC(C)OC(=O)c1c(NC(=O)c2cc(-c3cccc(OC)c3)n[nH]2)sc2c1CCCC2. The molecule has 32 heavy (non-hydrogen) atoms. The average molecular weight is 454 g/mol. The molecular weight excluding hydrogens is 426 g/mol. The van der Waals surface area contributed by atoms with Gasteiger partial charge in [0.1, 0.15) is 16.4 Å². The van der Waals surface area contributed by atoms with E-state index in [0.29, 0.717) is 27.7 Å². The number of anilines is 1. The third-order valence-corrected chi connectivity index (χ3v) is 6.88. The molecule has 8 heteroatoms. The number of ether oxygens (including phenoxy) is 2. The van der Waals surface area contributed by atoms with Crippen LogP contribution < -0.4 is 10.1 Å². The maximum absolute atomic E-state index is 13.0. The molecule has 0 saturated carbocycles. The van der Waals surface area contributed by atoms with E-state index in [1.165, 1.54) is 11.3 Å². The fourth-order valence-electron chi connectivity index (χ4n) is 3.73. The minimum absolute atomic E-state index is 0.178. The predicted molar refractivity (Wildman–Crippen MR) is 125 cm³/mol. The molecule has 0 saturated heterocycles. The number of rotatable bonds is 7. The van der Waals surface area contributed by atoms with Gasteiger partial charge in [-0.2, -0.15) is 5.10 Å². The molecule has 1 aliphatic carbocycles. The molecular formula is C24H27N3O4S. The minimum Gasteiger partial charge on any atom is -0.497 e. The Morgan fingerprint density at radius 2 is 2.06 bits per heavy atom. The first-order chi connectivity index (χ1) is 15.5. The number of methoxy groups -OCH3 is 1. The lowest BCUT2D eigenvalue weighted by Crippen LogP contribution is -2.19. The van der Waals surface area contributed by atoms with Crippen molar-refractivity contribution in [2.24, 2.45) is 0 Å². The number of aromatic amines is 1. The van der Waals surface area contributed by atoms with Gasteiger partial charge in [-0.25, -0.2) is 4.79 Å². The first-order valence-corrected chi connectivity index (χ1v) is 11.7. The number of esters is 1. The van der Waals surface area contributed by atoms with Crippen LogP contribution in [0.3, 0.4) is 0 Å². The first-order valence-electron chi connectivity index (χ1n) is 10.9. The van der Waals surface area contributed by atoms with Gasteiger partial charge in [-0.15, -0.1) is 11.3 Å². The topological polar surface area (TPSA) is 93.3 Å². The van der Waals surface area contributed by atoms with E-state index in [9.17, 15) is 9.59 Å². The number of nitrogens with one attached hydrogen (secondary N) is 2. The molecule has 2 aromatic heterocycles. The summed E-state index contributed by atoms with van der Waals surface area (Å²) in [4.78, 5) is 27.1. The molecule has 4 rings (SSSR count). The van der Waals surface area contributed by atoms with Crippen molar-refractivity contribution < 1.29 is 19.1 Å². The Labute approximate surface area is 191 Å². The first kappa shape index (κ1) is 22.1. The Hall–Kier alpha value is -3.13. The second-order valence-corrected chi connectivity index (χ2v) is 9.00. The molecule has 1 unspecified atom stereocenters. The number of thiophene rings is 1. The van der Waals surface area contributed by atoms with Gasteiger partial charge in [0.25, 0.3) is 5.91 Å². The Balaban J connectivity index is 1.59. The number of hydrogen-bond acceptors (Lipinski definition) is 6. The molecule has 168 valence electrons. The van der Waals surface area contributed by atoms with Gasteiger partial charge < -0.3 is 14.8 Å². The molecule has 1 amide bonds. The Bertz CT molecular complexity index is 1130. The molecule has 0 radical (unpaired) electrons. The van der Waals surface area contributed by atoms with Crippen molar-refractivity contribution in [2.75, 3.05) is 12.4 Å². The van der Waals surface area contributed by atoms with Crippen LogP contribution in [0.25, 0.3) is 11.3 Å². The lowest BCUT2D eigenvalue weighted by molar-refractivity contribution is 0.0335. The Morgan fingerprint density at radius 3 is 2.84 bits per heavy atom. The maximum atomic E-state index is 13.0. The van der Waals surface area contributed by atoms with Crippen LogP contribution in [-0.4, -0.2) is 35.3 Å². The summed E-state index contributed by atoms with van der Waals surface area (Å²) < 4.78 is 10.9. The van der Waals surface area contributed by atoms with Crippen LogP contribution in [-0.2, 0) is 17.6 Å². The van der Waals surface area contributed by atoms with Gasteiger partial charge in [0.15, 0.2) is 0 Å².